The van der Waals surface area contributed by atoms with E-state index in [0.29, 0.717) is 56.4 Å². The van der Waals surface area contributed by atoms with Crippen LogP contribution in [0.2, 0.25) is 0 Å². The number of unbranched alkanes of at least 4 members (excludes halogenated alkanes) is 2. The first-order chi connectivity index (χ1) is 32.1. The molecule has 2 aliphatic heterocycles. The molecule has 7 amide bonds. The van der Waals surface area contributed by atoms with Crippen LogP contribution in [0, 0.1) is 23.7 Å². The van der Waals surface area contributed by atoms with Crippen molar-refractivity contribution in [3.8, 4) is 5.75 Å². The SMILES string of the molecule is CC[C@H](C)[C@@H]([C@@H](CC(=O)N1CCCC1[C@H](OC)[C@@H](C)C(=O)NC(Cc1ccccc1OC)C(=O)O)OC)N(C)C(=O)C(NC(=O)C(C(C)C)N(C)C(=O)CCCCCN1C(=O)C=CC1=O)C(C)C. The number of aliphatic carboxylic acids is 1. The van der Waals surface area contributed by atoms with E-state index in [0.717, 1.165) is 0 Å². The number of nitrogens with zero attached hydrogens (tertiary/aromatic N) is 4. The highest BCUT2D eigenvalue weighted by Gasteiger charge is 2.44. The number of likely N-dealkylation sites (N-methyl/N-ethyl adjacent to an activating group) is 2. The fourth-order valence-electron chi connectivity index (χ4n) is 9.50. The number of hydrogen-bond donors (Lipinski definition) is 3. The van der Waals surface area contributed by atoms with E-state index in [4.69, 9.17) is 14.2 Å². The summed E-state index contributed by atoms with van der Waals surface area (Å²) in [4.78, 5) is 112. The smallest absolute Gasteiger partial charge is 0.326 e. The van der Waals surface area contributed by atoms with Crippen LogP contribution < -0.4 is 15.4 Å². The Bertz CT molecular complexity index is 1920. The van der Waals surface area contributed by atoms with Gasteiger partial charge >= 0.3 is 5.97 Å². The number of imide groups is 1. The van der Waals surface area contributed by atoms with Crippen LogP contribution in [0.15, 0.2) is 36.4 Å². The highest BCUT2D eigenvalue weighted by atomic mass is 16.5. The Kier molecular flexibility index (Phi) is 22.6. The molecule has 18 nitrogen and oxygen atoms in total. The molecule has 0 aromatic heterocycles. The summed E-state index contributed by atoms with van der Waals surface area (Å²) in [5.74, 6) is -4.90. The molecule has 1 fully saturated rings. The van der Waals surface area contributed by atoms with E-state index in [1.807, 2.05) is 41.5 Å². The summed E-state index contributed by atoms with van der Waals surface area (Å²) in [5, 5.41) is 15.7. The Balaban J connectivity index is 1.72. The van der Waals surface area contributed by atoms with Gasteiger partial charge in [-0.05, 0) is 55.1 Å². The largest absolute Gasteiger partial charge is 0.496 e. The van der Waals surface area contributed by atoms with Crippen molar-refractivity contribution < 1.29 is 57.7 Å². The predicted octanol–water partition coefficient (Wildman–Crippen LogP) is 3.84. The third-order valence-corrected chi connectivity index (χ3v) is 13.6. The molecule has 1 saturated heterocycles. The van der Waals surface area contributed by atoms with Crippen molar-refractivity contribution in [1.29, 1.82) is 0 Å². The Labute approximate surface area is 402 Å². The topological polar surface area (TPSA) is 222 Å². The van der Waals surface area contributed by atoms with Crippen LogP contribution in [0.5, 0.6) is 5.75 Å². The Hall–Kier alpha value is -5.36. The van der Waals surface area contributed by atoms with Gasteiger partial charge in [-0.3, -0.25) is 38.5 Å². The van der Waals surface area contributed by atoms with E-state index in [-0.39, 0.29) is 73.1 Å². The number of hydrogen-bond acceptors (Lipinski definition) is 11. The number of carbonyl (C=O) groups is 8. The number of carboxylic acid groups (broad SMARTS) is 1. The third kappa shape index (κ3) is 14.8. The first-order valence-electron chi connectivity index (χ1n) is 24.0. The van der Waals surface area contributed by atoms with E-state index in [1.165, 1.54) is 43.3 Å². The molecule has 0 bridgehead atoms. The minimum Gasteiger partial charge on any atom is -0.496 e. The molecule has 68 heavy (non-hydrogen) atoms. The van der Waals surface area contributed by atoms with E-state index in [2.05, 4.69) is 10.6 Å². The molecule has 3 N–H and O–H groups in total. The van der Waals surface area contributed by atoms with Crippen molar-refractivity contribution >= 4 is 47.3 Å². The zero-order valence-electron chi connectivity index (χ0n) is 42.3. The van der Waals surface area contributed by atoms with Crippen molar-refractivity contribution in [2.45, 2.75) is 149 Å². The maximum Gasteiger partial charge on any atom is 0.326 e. The Morgan fingerprint density at radius 2 is 1.49 bits per heavy atom. The summed E-state index contributed by atoms with van der Waals surface area (Å²) >= 11 is 0. The molecule has 18 heteroatoms. The van der Waals surface area contributed by atoms with Crippen LogP contribution in [0.4, 0.5) is 0 Å². The van der Waals surface area contributed by atoms with Crippen molar-refractivity contribution in [2.24, 2.45) is 23.7 Å². The molecule has 0 aliphatic carbocycles. The van der Waals surface area contributed by atoms with Crippen molar-refractivity contribution in [3.05, 3.63) is 42.0 Å². The van der Waals surface area contributed by atoms with E-state index in [9.17, 15) is 43.5 Å². The van der Waals surface area contributed by atoms with Gasteiger partial charge in [0.1, 0.15) is 23.9 Å². The summed E-state index contributed by atoms with van der Waals surface area (Å²) in [7, 11) is 7.68. The normalized spacial score (nSPS) is 18.4. The maximum absolute atomic E-state index is 14.6. The highest BCUT2D eigenvalue weighted by Crippen LogP contribution is 2.30. The second-order valence-electron chi connectivity index (χ2n) is 18.9. The summed E-state index contributed by atoms with van der Waals surface area (Å²) in [5.41, 5.74) is 0.621. The van der Waals surface area contributed by atoms with Gasteiger partial charge in [0.2, 0.25) is 29.5 Å². The lowest BCUT2D eigenvalue weighted by Crippen LogP contribution is -2.60. The Morgan fingerprint density at radius 1 is 0.838 bits per heavy atom. The average molecular weight is 955 g/mol. The summed E-state index contributed by atoms with van der Waals surface area (Å²) in [6, 6.07) is 2.80. The quantitative estimate of drug-likeness (QED) is 0.0806. The lowest BCUT2D eigenvalue weighted by molar-refractivity contribution is -0.149. The predicted molar refractivity (Wildman–Crippen MR) is 255 cm³/mol. The number of nitrogens with one attached hydrogen (secondary N) is 2. The van der Waals surface area contributed by atoms with Crippen LogP contribution >= 0.6 is 0 Å². The second kappa shape index (κ2) is 27.0. The first-order valence-corrected chi connectivity index (χ1v) is 24.0. The number of benzene rings is 1. The molecule has 380 valence electrons. The molecule has 1 aromatic carbocycles. The molecule has 4 unspecified atom stereocenters. The number of ether oxygens (including phenoxy) is 3. The first kappa shape index (κ1) is 57.0. The monoisotopic (exact) mass is 955 g/mol. The van der Waals surface area contributed by atoms with Gasteiger partial charge in [-0.15, -0.1) is 0 Å². The van der Waals surface area contributed by atoms with Crippen molar-refractivity contribution in [2.75, 3.05) is 48.5 Å². The molecule has 3 rings (SSSR count). The molecule has 0 radical (unpaired) electrons. The minimum atomic E-state index is -1.24. The standard InChI is InChI=1S/C50H78N6O12/c1-13-32(6)45(54(9)49(63)43(30(2)3)52-48(62)44(31(4)5)53(8)39(57)23-15-14-18-26-56-40(58)24-25-41(56)59)38(67-11)29-42(60)55-27-19-21-36(55)46(68-12)33(7)47(61)51-35(50(64)65)28-34-20-16-17-22-37(34)66-10/h16-17,20,22,24-25,30-33,35-36,38,43-46H,13-15,18-19,21,23,26-29H2,1-12H3,(H,51,61)(H,52,62)(H,64,65)/t32-,33+,35?,36?,38+,43?,44?,45-,46+/m0/s1. The van der Waals surface area contributed by atoms with E-state index >= 15 is 0 Å². The lowest BCUT2D eigenvalue weighted by Gasteiger charge is -2.41. The number of para-hydroxylation sites is 1. The molecule has 0 saturated carbocycles. The lowest BCUT2D eigenvalue weighted by atomic mass is 9.89. The fourth-order valence-corrected chi connectivity index (χ4v) is 9.50. The van der Waals surface area contributed by atoms with Gasteiger partial charge in [-0.2, -0.15) is 0 Å². The van der Waals surface area contributed by atoms with E-state index < -0.39 is 66.1 Å². The number of amides is 7. The average Bonchev–Trinajstić information content (AvgIpc) is 3.92. The van der Waals surface area contributed by atoms with Crippen LogP contribution in [0.1, 0.15) is 105 Å². The number of carboxylic acids is 1. The summed E-state index contributed by atoms with van der Waals surface area (Å²) < 4.78 is 17.3. The van der Waals surface area contributed by atoms with Gasteiger partial charge in [0.25, 0.3) is 11.8 Å². The van der Waals surface area contributed by atoms with Crippen molar-refractivity contribution in [3.63, 3.8) is 0 Å². The summed E-state index contributed by atoms with van der Waals surface area (Å²) in [6.45, 7) is 13.6. The third-order valence-electron chi connectivity index (χ3n) is 13.6. The Morgan fingerprint density at radius 3 is 2.04 bits per heavy atom. The highest BCUT2D eigenvalue weighted by molar-refractivity contribution is 6.12. The second-order valence-corrected chi connectivity index (χ2v) is 18.9. The number of carbonyl (C=O) groups excluding carboxylic acids is 7. The van der Waals surface area contributed by atoms with Gasteiger partial charge in [0.15, 0.2) is 0 Å². The van der Waals surface area contributed by atoms with Crippen LogP contribution in [0.3, 0.4) is 0 Å². The van der Waals surface area contributed by atoms with Gasteiger partial charge < -0.3 is 44.7 Å². The molecule has 1 aromatic rings. The maximum atomic E-state index is 14.6. The molecule has 2 aliphatic rings. The van der Waals surface area contributed by atoms with Gasteiger partial charge in [0.05, 0.1) is 43.7 Å². The van der Waals surface area contributed by atoms with Gasteiger partial charge in [0, 0.05) is 66.4 Å². The van der Waals surface area contributed by atoms with Gasteiger partial charge in [-0.1, -0.05) is 79.5 Å². The van der Waals surface area contributed by atoms with Crippen LogP contribution in [0.25, 0.3) is 0 Å². The molecular weight excluding hydrogens is 877 g/mol. The molecule has 0 spiro atoms. The number of rotatable bonds is 28. The number of methoxy groups -OCH3 is 3. The molecule has 2 heterocycles. The molecule has 9 atom stereocenters. The minimum absolute atomic E-state index is 0.00529. The van der Waals surface area contributed by atoms with E-state index in [1.54, 1.807) is 55.1 Å². The summed E-state index contributed by atoms with van der Waals surface area (Å²) in [6.07, 6.45) is 4.50. The van der Waals surface area contributed by atoms with Crippen molar-refractivity contribution in [1.82, 2.24) is 30.2 Å². The van der Waals surface area contributed by atoms with Crippen LogP contribution in [-0.2, 0) is 54.3 Å². The zero-order chi connectivity index (χ0) is 51.0. The van der Waals surface area contributed by atoms with Crippen LogP contribution in [-0.4, -0.2) is 163 Å². The molecular formula is C50H78N6O12. The van der Waals surface area contributed by atoms with Gasteiger partial charge in [-0.25, -0.2) is 4.79 Å². The number of likely N-dealkylation sites (tertiary alicyclic amines) is 1. The fraction of sp³-hybridized carbons (Fsp3) is 0.680. The zero-order valence-corrected chi connectivity index (χ0v) is 42.3.